The smallest absolute Gasteiger partial charge is 0.305 e. The molecule has 0 unspecified atom stereocenters. The normalized spacial score (nSPS) is 25.2. The Balaban J connectivity index is 1.22. The van der Waals surface area contributed by atoms with E-state index < -0.39 is 117 Å². The van der Waals surface area contributed by atoms with Gasteiger partial charge in [0, 0.05) is 64.1 Å². The van der Waals surface area contributed by atoms with Crippen molar-refractivity contribution < 1.29 is 90.4 Å². The van der Waals surface area contributed by atoms with Gasteiger partial charge in [0.25, 0.3) is 0 Å². The molecule has 324 valence electrons. The molecule has 0 spiro atoms. The first-order valence-corrected chi connectivity index (χ1v) is 19.3. The van der Waals surface area contributed by atoms with Gasteiger partial charge in [-0.25, -0.2) is 0 Å². The molecule has 0 amide bonds. The molecule has 0 saturated carbocycles. The summed E-state index contributed by atoms with van der Waals surface area (Å²) in [5.74, 6) is -12.7. The zero-order valence-electron chi connectivity index (χ0n) is 32.1. The molecule has 0 aromatic heterocycles. The summed E-state index contributed by atoms with van der Waals surface area (Å²) in [5, 5.41) is 156. The zero-order valence-corrected chi connectivity index (χ0v) is 32.1. The molecule has 6 aromatic carbocycles. The monoisotopic (exact) mass is 864 g/mol. The number of phenolic OH excluding ortho intramolecular Hbond substituents is 11. The van der Waals surface area contributed by atoms with Crippen molar-refractivity contribution in [2.24, 2.45) is 0 Å². The standard InChI is InChI=1S/C45H36O18/c46-18-10-27(54)33-30(11-18)60-42(16-2-5-21(48)25(52)8-16)40(58)37(33)34-28(55)14-31-35(39(34)57)38-36-32(63-45(62-31,44(38)59)17-3-6-22(49)26(53)9-17)13-23(50)19-12-29(56)41(61-43(19)36)15-1-4-20(47)24(51)7-15/h1-11,13-14,29,37-38,40-42,44,46-59H,12H2/t29-,37+,38+,40+,41+,42+,44+,45-/m0/s1. The van der Waals surface area contributed by atoms with Crippen molar-refractivity contribution in [3.8, 4) is 86.2 Å². The number of rotatable bonds is 4. The van der Waals surface area contributed by atoms with E-state index >= 15 is 0 Å². The highest BCUT2D eigenvalue weighted by molar-refractivity contribution is 5.72. The zero-order chi connectivity index (χ0) is 44.5. The molecule has 0 fully saturated rings. The van der Waals surface area contributed by atoms with Crippen LogP contribution in [-0.4, -0.2) is 89.8 Å². The van der Waals surface area contributed by atoms with Gasteiger partial charge in [0.15, 0.2) is 40.6 Å². The van der Waals surface area contributed by atoms with Crippen LogP contribution in [0.15, 0.2) is 78.9 Å². The highest BCUT2D eigenvalue weighted by Crippen LogP contribution is 2.65. The van der Waals surface area contributed by atoms with Crippen LogP contribution < -0.4 is 18.9 Å². The van der Waals surface area contributed by atoms with Gasteiger partial charge in [0.2, 0.25) is 0 Å². The topological polar surface area (TPSA) is 320 Å². The van der Waals surface area contributed by atoms with Crippen LogP contribution in [0.25, 0.3) is 0 Å². The summed E-state index contributed by atoms with van der Waals surface area (Å²) >= 11 is 0. The minimum atomic E-state index is -2.36. The highest BCUT2D eigenvalue weighted by Gasteiger charge is 2.61. The first-order valence-electron chi connectivity index (χ1n) is 19.3. The lowest BCUT2D eigenvalue weighted by atomic mass is 9.72. The van der Waals surface area contributed by atoms with Crippen LogP contribution in [-0.2, 0) is 12.2 Å². The largest absolute Gasteiger partial charge is 0.508 e. The predicted octanol–water partition coefficient (Wildman–Crippen LogP) is 4.24. The minimum absolute atomic E-state index is 0.0246. The lowest BCUT2D eigenvalue weighted by molar-refractivity contribution is -0.219. The molecule has 18 heteroatoms. The summed E-state index contributed by atoms with van der Waals surface area (Å²) < 4.78 is 25.3. The van der Waals surface area contributed by atoms with Crippen LogP contribution in [0, 0.1) is 0 Å². The molecule has 63 heavy (non-hydrogen) atoms. The first-order chi connectivity index (χ1) is 30.0. The minimum Gasteiger partial charge on any atom is -0.508 e. The molecule has 4 aliphatic heterocycles. The molecule has 0 aliphatic carbocycles. The second-order valence-corrected chi connectivity index (χ2v) is 15.9. The number of hydrogen-bond donors (Lipinski definition) is 14. The summed E-state index contributed by atoms with van der Waals surface area (Å²) in [7, 11) is 0. The summed E-state index contributed by atoms with van der Waals surface area (Å²) in [6, 6.07) is 15.0. The van der Waals surface area contributed by atoms with Crippen molar-refractivity contribution in [1.29, 1.82) is 0 Å². The Labute approximate surface area is 354 Å². The van der Waals surface area contributed by atoms with E-state index in [2.05, 4.69) is 0 Å². The van der Waals surface area contributed by atoms with Gasteiger partial charge in [-0.15, -0.1) is 0 Å². The second kappa shape index (κ2) is 13.6. The van der Waals surface area contributed by atoms with Crippen molar-refractivity contribution in [2.75, 3.05) is 0 Å². The number of benzene rings is 6. The molecule has 8 atom stereocenters. The number of hydrogen-bond acceptors (Lipinski definition) is 18. The Bertz CT molecular complexity index is 2910. The lowest BCUT2D eigenvalue weighted by Crippen LogP contribution is -2.57. The molecule has 6 aromatic rings. The number of aromatic hydroxyl groups is 11. The van der Waals surface area contributed by atoms with Crippen molar-refractivity contribution in [3.63, 3.8) is 0 Å². The van der Waals surface area contributed by atoms with Gasteiger partial charge >= 0.3 is 5.79 Å². The summed E-state index contributed by atoms with van der Waals surface area (Å²) in [6.07, 6.45) is -8.07. The van der Waals surface area contributed by atoms with Crippen LogP contribution in [0.3, 0.4) is 0 Å². The molecule has 0 saturated heterocycles. The van der Waals surface area contributed by atoms with E-state index in [0.717, 1.165) is 48.5 Å². The third-order valence-electron chi connectivity index (χ3n) is 12.2. The van der Waals surface area contributed by atoms with Crippen molar-refractivity contribution in [2.45, 2.75) is 54.6 Å². The molecular weight excluding hydrogens is 828 g/mol. The van der Waals surface area contributed by atoms with Crippen LogP contribution >= 0.6 is 0 Å². The van der Waals surface area contributed by atoms with Crippen molar-refractivity contribution in [3.05, 3.63) is 123 Å². The van der Waals surface area contributed by atoms with Gasteiger partial charge in [-0.2, -0.15) is 0 Å². The Morgan fingerprint density at radius 3 is 1.67 bits per heavy atom. The van der Waals surface area contributed by atoms with Gasteiger partial charge in [-0.1, -0.05) is 12.1 Å². The predicted molar refractivity (Wildman–Crippen MR) is 212 cm³/mol. The number of ether oxygens (including phenoxy) is 4. The first kappa shape index (κ1) is 39.3. The third-order valence-corrected chi connectivity index (χ3v) is 12.2. The van der Waals surface area contributed by atoms with Gasteiger partial charge < -0.3 is 90.4 Å². The van der Waals surface area contributed by atoms with Gasteiger partial charge in [0.1, 0.15) is 70.1 Å². The average molecular weight is 865 g/mol. The maximum absolute atomic E-state index is 12.7. The van der Waals surface area contributed by atoms with Crippen LogP contribution in [0.2, 0.25) is 0 Å². The maximum atomic E-state index is 12.7. The second-order valence-electron chi connectivity index (χ2n) is 15.9. The molecule has 14 N–H and O–H groups in total. The number of phenols is 11. The van der Waals surface area contributed by atoms with Crippen LogP contribution in [0.5, 0.6) is 86.2 Å². The summed E-state index contributed by atoms with van der Waals surface area (Å²) in [4.78, 5) is 0. The van der Waals surface area contributed by atoms with Crippen LogP contribution in [0.4, 0.5) is 0 Å². The summed E-state index contributed by atoms with van der Waals surface area (Å²) in [5.41, 5.74) is -0.683. The van der Waals surface area contributed by atoms with E-state index in [9.17, 15) is 71.5 Å². The van der Waals surface area contributed by atoms with Crippen molar-refractivity contribution >= 4 is 0 Å². The van der Waals surface area contributed by atoms with E-state index in [0.29, 0.717) is 0 Å². The Morgan fingerprint density at radius 2 is 1.03 bits per heavy atom. The molecule has 10 rings (SSSR count). The Morgan fingerprint density at radius 1 is 0.460 bits per heavy atom. The molecular formula is C45H36O18. The highest BCUT2D eigenvalue weighted by atomic mass is 16.7. The van der Waals surface area contributed by atoms with E-state index in [1.165, 1.54) is 30.3 Å². The fourth-order valence-electron chi connectivity index (χ4n) is 9.31. The van der Waals surface area contributed by atoms with Crippen LogP contribution in [0.1, 0.15) is 68.6 Å². The lowest BCUT2D eigenvalue weighted by Gasteiger charge is -2.51. The van der Waals surface area contributed by atoms with E-state index in [1.807, 2.05) is 0 Å². The fraction of sp³-hybridized carbons (Fsp3) is 0.200. The third kappa shape index (κ3) is 5.68. The number of aliphatic hydroxyl groups excluding tert-OH is 3. The van der Waals surface area contributed by atoms with E-state index in [-0.39, 0.29) is 68.4 Å². The molecule has 18 nitrogen and oxygen atoms in total. The van der Waals surface area contributed by atoms with Crippen molar-refractivity contribution in [1.82, 2.24) is 0 Å². The molecule has 4 aliphatic rings. The molecule has 4 heterocycles. The van der Waals surface area contributed by atoms with Gasteiger partial charge in [0.05, 0.1) is 17.9 Å². The van der Waals surface area contributed by atoms with Gasteiger partial charge in [-0.3, -0.25) is 0 Å². The maximum Gasteiger partial charge on any atom is 0.305 e. The summed E-state index contributed by atoms with van der Waals surface area (Å²) in [6.45, 7) is 0. The Kier molecular flexibility index (Phi) is 8.49. The van der Waals surface area contributed by atoms with E-state index in [4.69, 9.17) is 18.9 Å². The van der Waals surface area contributed by atoms with E-state index in [1.54, 1.807) is 0 Å². The molecule has 2 bridgehead atoms. The fourth-order valence-corrected chi connectivity index (χ4v) is 9.31. The van der Waals surface area contributed by atoms with Gasteiger partial charge in [-0.05, 0) is 53.6 Å². The number of fused-ring (bicyclic) bond motifs is 9. The molecule has 0 radical (unpaired) electrons. The Hall–Kier alpha value is -7.80. The average Bonchev–Trinajstić information content (AvgIpc) is 3.22. The quantitative estimate of drug-likeness (QED) is 0.110. The number of aliphatic hydroxyl groups is 3. The SMILES string of the molecule is Oc1cc(O)c2c(c1)O[C@H](c1ccc(O)c(O)c1)[C@H](O)[C@H]2c1c(O)cc2c(c1O)[C@@H]1c3c(cc(O)c4c3O[C@H](c3ccc(O)c(O)c3)[C@@H](O)C4)O[C@](c3ccc(O)c(O)c3)(O2)[C@@H]1O.